The summed E-state index contributed by atoms with van der Waals surface area (Å²) in [7, 11) is 0. The molecule has 2 N–H and O–H groups in total. The summed E-state index contributed by atoms with van der Waals surface area (Å²) in [5.41, 5.74) is 0. The Morgan fingerprint density at radius 1 is 1.10 bits per heavy atom. The number of hydrogen-bond donors (Lipinski definition) is 2. The predicted molar refractivity (Wildman–Crippen MR) is 130 cm³/mol. The smallest absolute Gasteiger partial charge is 0.233 e. The number of carbonyl (C=O) groups is 2. The van der Waals surface area contributed by atoms with Crippen molar-refractivity contribution in [3.05, 3.63) is 42.5 Å². The second-order valence-electron chi connectivity index (χ2n) is 8.03. The minimum absolute atomic E-state index is 0. The molecule has 0 aromatic heterocycles. The van der Waals surface area contributed by atoms with Gasteiger partial charge in [-0.3, -0.25) is 19.5 Å². The highest BCUT2D eigenvalue weighted by molar-refractivity contribution is 14.0. The summed E-state index contributed by atoms with van der Waals surface area (Å²) < 4.78 is 5.68. The molecule has 2 fully saturated rings. The number of nitrogens with zero attached hydrogens (tertiary/aromatic N) is 2. The highest BCUT2D eigenvalue weighted by Crippen LogP contribution is 2.52. The summed E-state index contributed by atoms with van der Waals surface area (Å²) in [5, 5.41) is 6.44. The average Bonchev–Trinajstić information content (AvgIpc) is 3.44. The van der Waals surface area contributed by atoms with Gasteiger partial charge in [0, 0.05) is 32.6 Å². The SMILES string of the molecule is CCNC(=NCCCOc1ccccc1)NCCN1C(=O)C2C3C=CC(C3)C2C1=O.I. The molecule has 7 nitrogen and oxygen atoms in total. The van der Waals surface area contributed by atoms with Crippen LogP contribution >= 0.6 is 24.0 Å². The number of hydrogen-bond acceptors (Lipinski definition) is 4. The fourth-order valence-electron chi connectivity index (χ4n) is 4.77. The van der Waals surface area contributed by atoms with E-state index < -0.39 is 0 Å². The van der Waals surface area contributed by atoms with Crippen molar-refractivity contribution >= 4 is 41.8 Å². The molecule has 1 saturated carbocycles. The molecule has 1 heterocycles. The van der Waals surface area contributed by atoms with Crippen LogP contribution in [-0.2, 0) is 9.59 Å². The van der Waals surface area contributed by atoms with E-state index in [1.165, 1.54) is 4.90 Å². The number of imide groups is 1. The number of fused-ring (bicyclic) bond motifs is 5. The van der Waals surface area contributed by atoms with Crippen molar-refractivity contribution in [3.8, 4) is 5.75 Å². The molecule has 4 unspecified atom stereocenters. The topological polar surface area (TPSA) is 83.0 Å². The van der Waals surface area contributed by atoms with Gasteiger partial charge in [0.05, 0.1) is 18.4 Å². The van der Waals surface area contributed by atoms with E-state index in [4.69, 9.17) is 4.74 Å². The Morgan fingerprint density at radius 3 is 2.42 bits per heavy atom. The van der Waals surface area contributed by atoms with Crippen LogP contribution in [0.3, 0.4) is 0 Å². The number of amides is 2. The maximum atomic E-state index is 12.7. The third-order valence-electron chi connectivity index (χ3n) is 6.12. The van der Waals surface area contributed by atoms with Crippen LogP contribution in [0.4, 0.5) is 0 Å². The molecule has 0 spiro atoms. The first-order valence-corrected chi connectivity index (χ1v) is 10.9. The number of ether oxygens (including phenoxy) is 1. The Kier molecular flexibility index (Phi) is 8.34. The molecular weight excluding hydrogens is 507 g/mol. The number of para-hydroxylation sites is 1. The van der Waals surface area contributed by atoms with E-state index in [0.29, 0.717) is 32.2 Å². The molecule has 2 amide bonds. The predicted octanol–water partition coefficient (Wildman–Crippen LogP) is 2.44. The van der Waals surface area contributed by atoms with Gasteiger partial charge >= 0.3 is 0 Å². The van der Waals surface area contributed by atoms with Gasteiger partial charge in [-0.2, -0.15) is 0 Å². The van der Waals surface area contributed by atoms with Crippen LogP contribution < -0.4 is 15.4 Å². The molecular formula is C23H31IN4O3. The van der Waals surface area contributed by atoms with Crippen molar-refractivity contribution < 1.29 is 14.3 Å². The Labute approximate surface area is 200 Å². The lowest BCUT2D eigenvalue weighted by molar-refractivity contribution is -0.140. The molecule has 1 aromatic rings. The van der Waals surface area contributed by atoms with Gasteiger partial charge < -0.3 is 15.4 Å². The van der Waals surface area contributed by atoms with Crippen molar-refractivity contribution in [3.63, 3.8) is 0 Å². The molecule has 31 heavy (non-hydrogen) atoms. The van der Waals surface area contributed by atoms with E-state index in [1.807, 2.05) is 37.3 Å². The summed E-state index contributed by atoms with van der Waals surface area (Å²) in [4.78, 5) is 31.5. The van der Waals surface area contributed by atoms with Crippen molar-refractivity contribution in [1.82, 2.24) is 15.5 Å². The zero-order chi connectivity index (χ0) is 20.9. The monoisotopic (exact) mass is 538 g/mol. The van der Waals surface area contributed by atoms with E-state index in [2.05, 4.69) is 27.8 Å². The van der Waals surface area contributed by atoms with Crippen LogP contribution in [-0.4, -0.2) is 55.5 Å². The highest BCUT2D eigenvalue weighted by atomic mass is 127. The molecule has 3 aliphatic rings. The highest BCUT2D eigenvalue weighted by Gasteiger charge is 2.58. The number of halogens is 1. The maximum absolute atomic E-state index is 12.7. The number of guanidine groups is 1. The fraction of sp³-hybridized carbons (Fsp3) is 0.522. The number of aliphatic imine (C=N–C) groups is 1. The van der Waals surface area contributed by atoms with Gasteiger partial charge in [0.1, 0.15) is 5.75 Å². The number of carbonyl (C=O) groups excluding carboxylic acids is 2. The van der Waals surface area contributed by atoms with Crippen LogP contribution in [0.25, 0.3) is 0 Å². The summed E-state index contributed by atoms with van der Waals surface area (Å²) in [6.07, 6.45) is 6.00. The molecule has 2 bridgehead atoms. The van der Waals surface area contributed by atoms with Crippen LogP contribution in [0.15, 0.2) is 47.5 Å². The number of nitrogens with one attached hydrogen (secondary N) is 2. The van der Waals surface area contributed by atoms with Crippen molar-refractivity contribution in [2.24, 2.45) is 28.7 Å². The number of rotatable bonds is 9. The molecule has 4 rings (SSSR count). The lowest BCUT2D eigenvalue weighted by atomic mass is 9.85. The molecule has 1 aliphatic heterocycles. The zero-order valence-electron chi connectivity index (χ0n) is 17.8. The second-order valence-corrected chi connectivity index (χ2v) is 8.03. The van der Waals surface area contributed by atoms with E-state index in [1.54, 1.807) is 0 Å². The van der Waals surface area contributed by atoms with E-state index in [-0.39, 0.29) is 59.5 Å². The number of likely N-dealkylation sites (tertiary alicyclic amines) is 1. The van der Waals surface area contributed by atoms with Gasteiger partial charge in [-0.1, -0.05) is 30.4 Å². The van der Waals surface area contributed by atoms with E-state index in [0.717, 1.165) is 25.1 Å². The van der Waals surface area contributed by atoms with Gasteiger partial charge in [-0.05, 0) is 37.3 Å². The van der Waals surface area contributed by atoms with Gasteiger partial charge in [0.25, 0.3) is 0 Å². The van der Waals surface area contributed by atoms with E-state index >= 15 is 0 Å². The first-order chi connectivity index (χ1) is 14.7. The first-order valence-electron chi connectivity index (χ1n) is 10.9. The Bertz CT molecular complexity index is 799. The normalized spacial score (nSPS) is 26.1. The molecule has 4 atom stereocenters. The van der Waals surface area contributed by atoms with Crippen molar-refractivity contribution in [2.75, 3.05) is 32.8 Å². The average molecular weight is 538 g/mol. The van der Waals surface area contributed by atoms with Crippen molar-refractivity contribution in [2.45, 2.75) is 19.8 Å². The summed E-state index contributed by atoms with van der Waals surface area (Å²) >= 11 is 0. The molecule has 8 heteroatoms. The summed E-state index contributed by atoms with van der Waals surface area (Å²) in [5.74, 6) is 1.82. The maximum Gasteiger partial charge on any atom is 0.233 e. The summed E-state index contributed by atoms with van der Waals surface area (Å²) in [6, 6.07) is 9.73. The Hall–Kier alpha value is -2.10. The molecule has 1 aromatic carbocycles. The Balaban J connectivity index is 0.00000272. The second kappa shape index (κ2) is 11.0. The quantitative estimate of drug-likeness (QED) is 0.126. The molecule has 1 saturated heterocycles. The van der Waals surface area contributed by atoms with Crippen molar-refractivity contribution in [1.29, 1.82) is 0 Å². The zero-order valence-corrected chi connectivity index (χ0v) is 20.2. The third kappa shape index (κ3) is 5.22. The number of benzene rings is 1. The lowest BCUT2D eigenvalue weighted by Crippen LogP contribution is -2.43. The minimum atomic E-state index is -0.126. The van der Waals surface area contributed by atoms with Crippen LogP contribution in [0, 0.1) is 23.7 Å². The van der Waals surface area contributed by atoms with Gasteiger partial charge in [0.2, 0.25) is 11.8 Å². The van der Waals surface area contributed by atoms with Gasteiger partial charge in [0.15, 0.2) is 5.96 Å². The van der Waals surface area contributed by atoms with Crippen LogP contribution in [0.2, 0.25) is 0 Å². The largest absolute Gasteiger partial charge is 0.494 e. The minimum Gasteiger partial charge on any atom is -0.494 e. The standard InChI is InChI=1S/C23H30N4O3.HI/c1-2-24-23(25-11-6-14-30-18-7-4-3-5-8-18)26-12-13-27-21(28)19-16-9-10-17(15-16)20(19)22(27)29;/h3-5,7-10,16-17,19-20H,2,6,11-15H2,1H3,(H2,24,25,26);1H. The molecule has 2 aliphatic carbocycles. The lowest BCUT2D eigenvalue weighted by Gasteiger charge is -2.18. The Morgan fingerprint density at radius 2 is 1.77 bits per heavy atom. The molecule has 168 valence electrons. The molecule has 0 radical (unpaired) electrons. The third-order valence-corrected chi connectivity index (χ3v) is 6.12. The summed E-state index contributed by atoms with van der Waals surface area (Å²) in [6.45, 7) is 4.85. The van der Waals surface area contributed by atoms with E-state index in [9.17, 15) is 9.59 Å². The van der Waals surface area contributed by atoms with Gasteiger partial charge in [-0.25, -0.2) is 0 Å². The fourth-order valence-corrected chi connectivity index (χ4v) is 4.77. The van der Waals surface area contributed by atoms with Crippen LogP contribution in [0.5, 0.6) is 5.75 Å². The van der Waals surface area contributed by atoms with Crippen LogP contribution in [0.1, 0.15) is 19.8 Å². The number of allylic oxidation sites excluding steroid dienone is 2. The van der Waals surface area contributed by atoms with Gasteiger partial charge in [-0.15, -0.1) is 24.0 Å². The first kappa shape index (κ1) is 23.6.